The smallest absolute Gasteiger partial charge is 0.316 e. The number of thioether (sulfide) groups is 1. The average Bonchev–Trinajstić information content (AvgIpc) is 2.17. The standard InChI is InChI=1S/C9H20O2S3/c1-3-4-5-14(6-12)7-13-8(2)9(10)11/h8,12,14H,3-7H2,1-2H3,(H,10,11). The lowest BCUT2D eigenvalue weighted by atomic mass is 10.4. The molecule has 86 valence electrons. The van der Waals surface area contributed by atoms with Crippen molar-refractivity contribution in [3.05, 3.63) is 0 Å². The van der Waals surface area contributed by atoms with E-state index in [4.69, 9.17) is 5.11 Å². The number of carboxylic acids is 1. The van der Waals surface area contributed by atoms with Gasteiger partial charge in [-0.25, -0.2) is 10.9 Å². The lowest BCUT2D eigenvalue weighted by molar-refractivity contribution is -0.136. The molecule has 0 aromatic carbocycles. The molecule has 0 saturated heterocycles. The van der Waals surface area contributed by atoms with E-state index < -0.39 is 5.97 Å². The molecule has 0 saturated carbocycles. The fourth-order valence-corrected chi connectivity index (χ4v) is 5.63. The summed E-state index contributed by atoms with van der Waals surface area (Å²) in [4.78, 5) is 10.6. The summed E-state index contributed by atoms with van der Waals surface area (Å²) in [6.07, 6.45) is 2.46. The average molecular weight is 256 g/mol. The van der Waals surface area contributed by atoms with Gasteiger partial charge in [-0.3, -0.25) is 4.79 Å². The van der Waals surface area contributed by atoms with Crippen LogP contribution < -0.4 is 0 Å². The number of thiol groups is 2. The number of hydrogen-bond acceptors (Lipinski definition) is 3. The van der Waals surface area contributed by atoms with Crippen LogP contribution in [-0.2, 0) is 4.79 Å². The Morgan fingerprint density at radius 3 is 2.71 bits per heavy atom. The van der Waals surface area contributed by atoms with Crippen molar-refractivity contribution in [1.29, 1.82) is 0 Å². The summed E-state index contributed by atoms with van der Waals surface area (Å²) in [7, 11) is -0.0578. The molecule has 0 bridgehead atoms. The fraction of sp³-hybridized carbons (Fsp3) is 0.889. The van der Waals surface area contributed by atoms with Crippen LogP contribution in [0.1, 0.15) is 26.7 Å². The van der Waals surface area contributed by atoms with Gasteiger partial charge in [0.1, 0.15) is 5.25 Å². The van der Waals surface area contributed by atoms with Crippen LogP contribution in [0.15, 0.2) is 0 Å². The van der Waals surface area contributed by atoms with Gasteiger partial charge >= 0.3 is 5.97 Å². The highest BCUT2D eigenvalue weighted by atomic mass is 32.3. The molecular formula is C9H20O2S3. The van der Waals surface area contributed by atoms with E-state index in [2.05, 4.69) is 19.6 Å². The molecule has 0 aliphatic heterocycles. The van der Waals surface area contributed by atoms with Crippen molar-refractivity contribution < 1.29 is 9.90 Å². The summed E-state index contributed by atoms with van der Waals surface area (Å²) in [6, 6.07) is 0. The van der Waals surface area contributed by atoms with Crippen molar-refractivity contribution in [3.63, 3.8) is 0 Å². The molecule has 5 heteroatoms. The van der Waals surface area contributed by atoms with Crippen LogP contribution >= 0.6 is 35.3 Å². The first kappa shape index (κ1) is 14.5. The number of hydrogen-bond donors (Lipinski definition) is 3. The Kier molecular flexibility index (Phi) is 9.13. The Bertz CT molecular complexity index is 164. The first-order valence-corrected chi connectivity index (χ1v) is 8.37. The molecule has 0 aliphatic rings. The lowest BCUT2D eigenvalue weighted by Crippen LogP contribution is -2.12. The molecule has 0 rings (SSSR count). The normalized spacial score (nSPS) is 16.4. The third-order valence-electron chi connectivity index (χ3n) is 1.88. The van der Waals surface area contributed by atoms with Crippen LogP contribution in [0, 0.1) is 0 Å². The predicted octanol–water partition coefficient (Wildman–Crippen LogP) is 2.84. The van der Waals surface area contributed by atoms with Crippen LogP contribution in [0.25, 0.3) is 0 Å². The molecule has 1 N–H and O–H groups in total. The second kappa shape index (κ2) is 8.80. The van der Waals surface area contributed by atoms with Crippen molar-refractivity contribution in [1.82, 2.24) is 0 Å². The highest BCUT2D eigenvalue weighted by Crippen LogP contribution is 2.33. The number of carbonyl (C=O) groups is 1. The van der Waals surface area contributed by atoms with E-state index in [1.54, 1.807) is 18.7 Å². The van der Waals surface area contributed by atoms with Crippen LogP contribution in [0.4, 0.5) is 0 Å². The predicted molar refractivity (Wildman–Crippen MR) is 72.2 cm³/mol. The summed E-state index contributed by atoms with van der Waals surface area (Å²) >= 11 is 5.86. The summed E-state index contributed by atoms with van der Waals surface area (Å²) in [5, 5.41) is 10.3. The number of aliphatic carboxylic acids is 1. The maximum Gasteiger partial charge on any atom is 0.316 e. The fourth-order valence-electron chi connectivity index (χ4n) is 0.846. The van der Waals surface area contributed by atoms with Crippen molar-refractivity contribution in [2.24, 2.45) is 0 Å². The minimum absolute atomic E-state index is 0.0578. The number of unbranched alkanes of at least 4 members (excludes halogenated alkanes) is 1. The third kappa shape index (κ3) is 6.90. The van der Waals surface area contributed by atoms with Gasteiger partial charge in [0.05, 0.1) is 0 Å². The van der Waals surface area contributed by atoms with Crippen LogP contribution in [0.3, 0.4) is 0 Å². The van der Waals surface area contributed by atoms with E-state index in [-0.39, 0.29) is 16.1 Å². The van der Waals surface area contributed by atoms with Gasteiger partial charge in [0.25, 0.3) is 0 Å². The van der Waals surface area contributed by atoms with Gasteiger partial charge in [-0.05, 0) is 19.1 Å². The molecule has 0 fully saturated rings. The summed E-state index contributed by atoms with van der Waals surface area (Å²) in [5.41, 5.74) is 0. The van der Waals surface area contributed by atoms with Crippen molar-refractivity contribution in [3.8, 4) is 0 Å². The monoisotopic (exact) mass is 256 g/mol. The van der Waals surface area contributed by atoms with Gasteiger partial charge < -0.3 is 5.11 Å². The quantitative estimate of drug-likeness (QED) is 0.585. The van der Waals surface area contributed by atoms with E-state index in [0.717, 1.165) is 10.2 Å². The molecule has 0 aromatic rings. The zero-order valence-corrected chi connectivity index (χ0v) is 11.4. The highest BCUT2D eigenvalue weighted by Gasteiger charge is 2.12. The van der Waals surface area contributed by atoms with Crippen molar-refractivity contribution in [2.45, 2.75) is 31.9 Å². The first-order chi connectivity index (χ1) is 6.61. The van der Waals surface area contributed by atoms with E-state index in [1.807, 2.05) is 0 Å². The van der Waals surface area contributed by atoms with Gasteiger partial charge in [0, 0.05) is 10.2 Å². The van der Waals surface area contributed by atoms with Gasteiger partial charge in [-0.2, -0.15) is 12.6 Å². The van der Waals surface area contributed by atoms with Crippen molar-refractivity contribution in [2.75, 3.05) is 15.9 Å². The van der Waals surface area contributed by atoms with E-state index in [1.165, 1.54) is 18.6 Å². The Morgan fingerprint density at radius 2 is 2.29 bits per heavy atom. The summed E-state index contributed by atoms with van der Waals surface area (Å²) in [6.45, 7) is 3.93. The second-order valence-corrected chi connectivity index (χ2v) is 8.16. The molecule has 2 atom stereocenters. The lowest BCUT2D eigenvalue weighted by Gasteiger charge is -2.19. The number of rotatable bonds is 8. The third-order valence-corrected chi connectivity index (χ3v) is 7.19. The molecule has 0 radical (unpaired) electrons. The van der Waals surface area contributed by atoms with E-state index in [0.29, 0.717) is 0 Å². The Morgan fingerprint density at radius 1 is 1.64 bits per heavy atom. The molecule has 0 heterocycles. The van der Waals surface area contributed by atoms with Gasteiger partial charge in [0.2, 0.25) is 0 Å². The molecule has 14 heavy (non-hydrogen) atoms. The SMILES string of the molecule is CCCC[SH](CS)CSC(C)C(=O)O. The topological polar surface area (TPSA) is 37.3 Å². The highest BCUT2D eigenvalue weighted by molar-refractivity contribution is 8.30. The van der Waals surface area contributed by atoms with Gasteiger partial charge in [-0.1, -0.05) is 13.3 Å². The van der Waals surface area contributed by atoms with Crippen LogP contribution in [0.2, 0.25) is 0 Å². The van der Waals surface area contributed by atoms with Crippen LogP contribution in [0.5, 0.6) is 0 Å². The molecule has 0 amide bonds. The molecule has 0 aliphatic carbocycles. The zero-order chi connectivity index (χ0) is 11.0. The summed E-state index contributed by atoms with van der Waals surface area (Å²) in [5.74, 6) is 0.522. The maximum atomic E-state index is 10.6. The Balaban J connectivity index is 3.66. The Hall–Kier alpha value is 0.520. The molecule has 2 unspecified atom stereocenters. The van der Waals surface area contributed by atoms with Gasteiger partial charge in [-0.15, -0.1) is 11.8 Å². The molecule has 0 spiro atoms. The Labute approximate surface area is 99.0 Å². The van der Waals surface area contributed by atoms with Gasteiger partial charge in [0.15, 0.2) is 0 Å². The molecule has 2 nitrogen and oxygen atoms in total. The molecular weight excluding hydrogens is 236 g/mol. The van der Waals surface area contributed by atoms with E-state index >= 15 is 0 Å². The van der Waals surface area contributed by atoms with Crippen LogP contribution in [-0.4, -0.2) is 32.2 Å². The minimum atomic E-state index is -0.709. The van der Waals surface area contributed by atoms with Crippen molar-refractivity contribution >= 4 is 41.3 Å². The zero-order valence-electron chi connectivity index (χ0n) is 8.77. The second-order valence-electron chi connectivity index (χ2n) is 3.17. The first-order valence-electron chi connectivity index (χ1n) is 4.79. The van der Waals surface area contributed by atoms with E-state index in [9.17, 15) is 4.79 Å². The summed E-state index contributed by atoms with van der Waals surface area (Å²) < 4.78 is 0. The largest absolute Gasteiger partial charge is 0.480 e. The number of carboxylic acid groups (broad SMARTS) is 1. The molecule has 0 aromatic heterocycles. The maximum absolute atomic E-state index is 10.6. The minimum Gasteiger partial charge on any atom is -0.480 e.